The van der Waals surface area contributed by atoms with E-state index in [9.17, 15) is 0 Å². The predicted octanol–water partition coefficient (Wildman–Crippen LogP) is 2.69. The van der Waals surface area contributed by atoms with Gasteiger partial charge >= 0.3 is 0 Å². The lowest BCUT2D eigenvalue weighted by Gasteiger charge is -2.23. The summed E-state index contributed by atoms with van der Waals surface area (Å²) in [5.41, 5.74) is 10.5. The molecule has 2 heterocycles. The summed E-state index contributed by atoms with van der Waals surface area (Å²) in [6.07, 6.45) is 4.15. The average Bonchev–Trinajstić information content (AvgIpc) is 2.98. The minimum absolute atomic E-state index is 0.374. The van der Waals surface area contributed by atoms with Crippen molar-refractivity contribution in [3.8, 4) is 11.3 Å². The molecule has 4 nitrogen and oxygen atoms in total. The molecule has 1 aliphatic heterocycles. The third kappa shape index (κ3) is 2.76. The molecule has 0 aliphatic carbocycles. The van der Waals surface area contributed by atoms with Crippen LogP contribution in [0.2, 0.25) is 0 Å². The summed E-state index contributed by atoms with van der Waals surface area (Å²) in [7, 11) is 0. The molecule has 3 rings (SSSR count). The largest absolute Gasteiger partial charge is 0.337 e. The standard InChI is InChI=1S/C17H22N4/c1-12-5-6-13(2)15(10-12)16-7-8-19-17(20-16)21-9-3-4-14(21)11-18/h5-8,10,14H,3-4,9,11,18H2,1-2H3. The van der Waals surface area contributed by atoms with Gasteiger partial charge in [-0.25, -0.2) is 9.97 Å². The molecular formula is C17H22N4. The zero-order chi connectivity index (χ0) is 14.8. The van der Waals surface area contributed by atoms with Crippen molar-refractivity contribution < 1.29 is 0 Å². The van der Waals surface area contributed by atoms with Gasteiger partial charge in [-0.05, 0) is 44.4 Å². The summed E-state index contributed by atoms with van der Waals surface area (Å²) in [6, 6.07) is 8.82. The summed E-state index contributed by atoms with van der Waals surface area (Å²) in [5, 5.41) is 0. The van der Waals surface area contributed by atoms with Crippen LogP contribution in [0, 0.1) is 13.8 Å². The van der Waals surface area contributed by atoms with Crippen LogP contribution < -0.4 is 10.6 Å². The van der Waals surface area contributed by atoms with Crippen LogP contribution in [-0.2, 0) is 0 Å². The van der Waals surface area contributed by atoms with Gasteiger partial charge in [0.1, 0.15) is 0 Å². The fourth-order valence-corrected chi connectivity index (χ4v) is 2.99. The molecule has 0 saturated carbocycles. The highest BCUT2D eigenvalue weighted by Crippen LogP contribution is 2.26. The first-order valence-electron chi connectivity index (χ1n) is 7.56. The Morgan fingerprint density at radius 2 is 2.14 bits per heavy atom. The quantitative estimate of drug-likeness (QED) is 0.940. The Hall–Kier alpha value is -1.94. The molecule has 1 aromatic heterocycles. The van der Waals surface area contributed by atoms with Crippen LogP contribution in [0.5, 0.6) is 0 Å². The summed E-state index contributed by atoms with van der Waals surface area (Å²) < 4.78 is 0. The van der Waals surface area contributed by atoms with Crippen molar-refractivity contribution >= 4 is 5.95 Å². The Bertz CT molecular complexity index is 638. The molecular weight excluding hydrogens is 260 g/mol. The SMILES string of the molecule is Cc1ccc(C)c(-c2ccnc(N3CCCC3CN)n2)c1. The summed E-state index contributed by atoms with van der Waals surface area (Å²) in [6.45, 7) is 5.89. The fraction of sp³-hybridized carbons (Fsp3) is 0.412. The van der Waals surface area contributed by atoms with E-state index in [2.05, 4.69) is 41.9 Å². The van der Waals surface area contributed by atoms with E-state index in [1.54, 1.807) is 0 Å². The van der Waals surface area contributed by atoms with Crippen molar-refractivity contribution in [2.24, 2.45) is 5.73 Å². The van der Waals surface area contributed by atoms with Crippen LogP contribution in [-0.4, -0.2) is 29.1 Å². The average molecular weight is 282 g/mol. The van der Waals surface area contributed by atoms with Crippen LogP contribution in [0.3, 0.4) is 0 Å². The second-order valence-electron chi connectivity index (χ2n) is 5.79. The van der Waals surface area contributed by atoms with Crippen LogP contribution in [0.15, 0.2) is 30.5 Å². The molecule has 0 amide bonds. The van der Waals surface area contributed by atoms with E-state index in [0.29, 0.717) is 12.6 Å². The van der Waals surface area contributed by atoms with Gasteiger partial charge in [-0.3, -0.25) is 0 Å². The number of rotatable bonds is 3. The Morgan fingerprint density at radius 1 is 1.29 bits per heavy atom. The van der Waals surface area contributed by atoms with Gasteiger partial charge in [0.15, 0.2) is 0 Å². The maximum Gasteiger partial charge on any atom is 0.226 e. The fourth-order valence-electron chi connectivity index (χ4n) is 2.99. The van der Waals surface area contributed by atoms with E-state index in [4.69, 9.17) is 10.7 Å². The number of anilines is 1. The molecule has 1 unspecified atom stereocenters. The van der Waals surface area contributed by atoms with E-state index in [1.807, 2.05) is 12.3 Å². The molecule has 1 aliphatic rings. The minimum Gasteiger partial charge on any atom is -0.337 e. The van der Waals surface area contributed by atoms with E-state index in [0.717, 1.165) is 24.6 Å². The molecule has 0 radical (unpaired) electrons. The summed E-state index contributed by atoms with van der Waals surface area (Å²) >= 11 is 0. The zero-order valence-electron chi connectivity index (χ0n) is 12.7. The summed E-state index contributed by atoms with van der Waals surface area (Å²) in [5.74, 6) is 0.807. The van der Waals surface area contributed by atoms with Crippen LogP contribution >= 0.6 is 0 Å². The number of nitrogens with two attached hydrogens (primary N) is 1. The number of aromatic nitrogens is 2. The first-order valence-corrected chi connectivity index (χ1v) is 7.56. The molecule has 2 N–H and O–H groups in total. The third-order valence-corrected chi connectivity index (χ3v) is 4.22. The van der Waals surface area contributed by atoms with Gasteiger partial charge in [0.2, 0.25) is 5.95 Å². The maximum absolute atomic E-state index is 5.86. The lowest BCUT2D eigenvalue weighted by molar-refractivity contribution is 0.664. The van der Waals surface area contributed by atoms with E-state index in [1.165, 1.54) is 23.1 Å². The number of hydrogen-bond acceptors (Lipinski definition) is 4. The Balaban J connectivity index is 1.98. The molecule has 1 fully saturated rings. The zero-order valence-corrected chi connectivity index (χ0v) is 12.7. The first-order chi connectivity index (χ1) is 10.2. The van der Waals surface area contributed by atoms with Gasteiger partial charge in [0, 0.05) is 30.9 Å². The minimum atomic E-state index is 0.374. The number of nitrogens with zero attached hydrogens (tertiary/aromatic N) is 3. The van der Waals surface area contributed by atoms with Crippen molar-refractivity contribution in [3.05, 3.63) is 41.6 Å². The van der Waals surface area contributed by atoms with E-state index < -0.39 is 0 Å². The molecule has 0 bridgehead atoms. The van der Waals surface area contributed by atoms with Crippen molar-refractivity contribution in [1.29, 1.82) is 0 Å². The second-order valence-corrected chi connectivity index (χ2v) is 5.79. The van der Waals surface area contributed by atoms with E-state index in [-0.39, 0.29) is 0 Å². The monoisotopic (exact) mass is 282 g/mol. The van der Waals surface area contributed by atoms with Crippen LogP contribution in [0.4, 0.5) is 5.95 Å². The smallest absolute Gasteiger partial charge is 0.226 e. The highest BCUT2D eigenvalue weighted by Gasteiger charge is 2.25. The molecule has 110 valence electrons. The van der Waals surface area contributed by atoms with E-state index >= 15 is 0 Å². The van der Waals surface area contributed by atoms with Gasteiger partial charge in [-0.15, -0.1) is 0 Å². The third-order valence-electron chi connectivity index (χ3n) is 4.22. The van der Waals surface area contributed by atoms with Crippen molar-refractivity contribution in [3.63, 3.8) is 0 Å². The first kappa shape index (κ1) is 14.0. The maximum atomic E-state index is 5.86. The second kappa shape index (κ2) is 5.82. The highest BCUT2D eigenvalue weighted by molar-refractivity contribution is 5.65. The molecule has 1 atom stereocenters. The molecule has 1 aromatic carbocycles. The highest BCUT2D eigenvalue weighted by atomic mass is 15.3. The van der Waals surface area contributed by atoms with Crippen molar-refractivity contribution in [2.75, 3.05) is 18.0 Å². The van der Waals surface area contributed by atoms with Gasteiger partial charge in [-0.1, -0.05) is 17.7 Å². The van der Waals surface area contributed by atoms with Crippen LogP contribution in [0.1, 0.15) is 24.0 Å². The normalized spacial score (nSPS) is 18.2. The van der Waals surface area contributed by atoms with Gasteiger partial charge in [0.25, 0.3) is 0 Å². The van der Waals surface area contributed by atoms with Crippen molar-refractivity contribution in [1.82, 2.24) is 9.97 Å². The lowest BCUT2D eigenvalue weighted by Crippen LogP contribution is -2.36. The molecule has 21 heavy (non-hydrogen) atoms. The predicted molar refractivity (Wildman–Crippen MR) is 86.4 cm³/mol. The van der Waals surface area contributed by atoms with Crippen LogP contribution in [0.25, 0.3) is 11.3 Å². The Morgan fingerprint density at radius 3 is 2.95 bits per heavy atom. The number of aryl methyl sites for hydroxylation is 2. The van der Waals surface area contributed by atoms with Gasteiger partial charge < -0.3 is 10.6 Å². The molecule has 2 aromatic rings. The topological polar surface area (TPSA) is 55.0 Å². The van der Waals surface area contributed by atoms with Gasteiger partial charge in [-0.2, -0.15) is 0 Å². The number of benzene rings is 1. The Kier molecular flexibility index (Phi) is 3.88. The number of hydrogen-bond donors (Lipinski definition) is 1. The lowest BCUT2D eigenvalue weighted by atomic mass is 10.0. The molecule has 4 heteroatoms. The van der Waals surface area contributed by atoms with Crippen molar-refractivity contribution in [2.45, 2.75) is 32.7 Å². The molecule has 1 saturated heterocycles. The van der Waals surface area contributed by atoms with Gasteiger partial charge in [0.05, 0.1) is 5.69 Å². The Labute approximate surface area is 126 Å². The molecule has 0 spiro atoms. The summed E-state index contributed by atoms with van der Waals surface area (Å²) in [4.78, 5) is 11.5.